The highest BCUT2D eigenvalue weighted by molar-refractivity contribution is 7.25. The average molecular weight is 464 g/mol. The lowest BCUT2D eigenvalue weighted by molar-refractivity contribution is 1.21. The Balaban J connectivity index is 1.45. The van der Waals surface area contributed by atoms with Crippen molar-refractivity contribution >= 4 is 50.2 Å². The fourth-order valence-electron chi connectivity index (χ4n) is 4.17. The Morgan fingerprint density at radius 3 is 2.36 bits per heavy atom. The van der Waals surface area contributed by atoms with Crippen LogP contribution in [0.2, 0.25) is 0 Å². The van der Waals surface area contributed by atoms with Crippen molar-refractivity contribution in [3.63, 3.8) is 0 Å². The van der Waals surface area contributed by atoms with E-state index in [1.807, 2.05) is 34.8 Å². The maximum atomic E-state index is 3.78. The highest BCUT2D eigenvalue weighted by atomic mass is 32.1. The SMILES string of the molecule is C=C/C=C\c1cccc(N(C)c2ccc(-c3ccc(-c4cccc5ccccc45)s3)s2)c1C. The minimum Gasteiger partial charge on any atom is -0.336 e. The van der Waals surface area contributed by atoms with E-state index < -0.39 is 0 Å². The molecule has 0 fully saturated rings. The van der Waals surface area contributed by atoms with Gasteiger partial charge in [-0.2, -0.15) is 0 Å². The average Bonchev–Trinajstić information content (AvgIpc) is 3.53. The standard InChI is InChI=1S/C30H25NS2/c1-4-5-10-22-12-9-16-26(21(22)2)31(3)30-20-19-29(33-30)28-18-17-27(32-28)25-15-8-13-23-11-6-7-14-24(23)25/h4-20H,1H2,2-3H3/b10-5-. The molecule has 0 aliphatic carbocycles. The van der Waals surface area contributed by atoms with E-state index in [9.17, 15) is 0 Å². The second kappa shape index (κ2) is 9.22. The van der Waals surface area contributed by atoms with Crippen molar-refractivity contribution in [2.24, 2.45) is 0 Å². The van der Waals surface area contributed by atoms with Gasteiger partial charge in [0.1, 0.15) is 0 Å². The summed E-state index contributed by atoms with van der Waals surface area (Å²) in [5.74, 6) is 0. The smallest absolute Gasteiger partial charge is 0.0957 e. The Morgan fingerprint density at radius 1 is 0.758 bits per heavy atom. The van der Waals surface area contributed by atoms with Crippen LogP contribution >= 0.6 is 22.7 Å². The van der Waals surface area contributed by atoms with Gasteiger partial charge in [0.25, 0.3) is 0 Å². The van der Waals surface area contributed by atoms with Gasteiger partial charge in [0.05, 0.1) is 5.00 Å². The molecule has 5 rings (SSSR count). The molecule has 3 heteroatoms. The maximum Gasteiger partial charge on any atom is 0.0957 e. The van der Waals surface area contributed by atoms with Crippen molar-refractivity contribution in [2.45, 2.75) is 6.92 Å². The van der Waals surface area contributed by atoms with Crippen LogP contribution in [0.3, 0.4) is 0 Å². The van der Waals surface area contributed by atoms with E-state index in [1.165, 1.54) is 52.8 Å². The van der Waals surface area contributed by atoms with Gasteiger partial charge in [-0.1, -0.05) is 79.4 Å². The van der Waals surface area contributed by atoms with Crippen molar-refractivity contribution in [2.75, 3.05) is 11.9 Å². The number of hydrogen-bond acceptors (Lipinski definition) is 3. The lowest BCUT2D eigenvalue weighted by Gasteiger charge is -2.20. The number of nitrogens with zero attached hydrogens (tertiary/aromatic N) is 1. The molecular formula is C30H25NS2. The minimum atomic E-state index is 1.22. The van der Waals surface area contributed by atoms with Gasteiger partial charge in [0, 0.05) is 27.4 Å². The van der Waals surface area contributed by atoms with Crippen LogP contribution in [0.5, 0.6) is 0 Å². The van der Waals surface area contributed by atoms with E-state index in [-0.39, 0.29) is 0 Å². The van der Waals surface area contributed by atoms with Crippen molar-refractivity contribution in [1.82, 2.24) is 0 Å². The zero-order chi connectivity index (χ0) is 22.8. The van der Waals surface area contributed by atoms with Crippen LogP contribution in [0.15, 0.2) is 104 Å². The molecule has 0 aliphatic rings. The first-order chi connectivity index (χ1) is 16.2. The Bertz CT molecular complexity index is 1460. The van der Waals surface area contributed by atoms with Gasteiger partial charge >= 0.3 is 0 Å². The molecule has 0 saturated carbocycles. The first-order valence-corrected chi connectivity index (χ1v) is 12.6. The van der Waals surface area contributed by atoms with Gasteiger partial charge in [0.2, 0.25) is 0 Å². The summed E-state index contributed by atoms with van der Waals surface area (Å²) in [6, 6.07) is 30.6. The van der Waals surface area contributed by atoms with E-state index in [0.717, 1.165) is 0 Å². The molecule has 0 spiro atoms. The van der Waals surface area contributed by atoms with Gasteiger partial charge in [-0.3, -0.25) is 0 Å². The normalized spacial score (nSPS) is 11.3. The third-order valence-electron chi connectivity index (χ3n) is 5.95. The maximum absolute atomic E-state index is 3.78. The van der Waals surface area contributed by atoms with E-state index in [4.69, 9.17) is 0 Å². The molecule has 0 saturated heterocycles. The number of anilines is 2. The second-order valence-corrected chi connectivity index (χ2v) is 10.1. The molecule has 2 aromatic heterocycles. The Hall–Kier alpha value is -3.40. The molecule has 0 N–H and O–H groups in total. The first kappa shape index (κ1) is 21.4. The lowest BCUT2D eigenvalue weighted by atomic mass is 10.0. The number of thiophene rings is 2. The van der Waals surface area contributed by atoms with Crippen molar-refractivity contribution in [1.29, 1.82) is 0 Å². The summed E-state index contributed by atoms with van der Waals surface area (Å²) in [6.07, 6.45) is 5.91. The first-order valence-electron chi connectivity index (χ1n) is 11.0. The predicted molar refractivity (Wildman–Crippen MR) is 149 cm³/mol. The molecule has 0 amide bonds. The monoisotopic (exact) mass is 463 g/mol. The summed E-state index contributed by atoms with van der Waals surface area (Å²) in [7, 11) is 2.15. The van der Waals surface area contributed by atoms with E-state index in [2.05, 4.69) is 116 Å². The van der Waals surface area contributed by atoms with Gasteiger partial charge < -0.3 is 4.90 Å². The number of allylic oxidation sites excluding steroid dienone is 2. The minimum absolute atomic E-state index is 1.22. The highest BCUT2D eigenvalue weighted by Gasteiger charge is 2.14. The largest absolute Gasteiger partial charge is 0.336 e. The van der Waals surface area contributed by atoms with Crippen molar-refractivity contribution < 1.29 is 0 Å². The molecule has 0 aliphatic heterocycles. The van der Waals surface area contributed by atoms with E-state index >= 15 is 0 Å². The van der Waals surface area contributed by atoms with Crippen LogP contribution in [-0.2, 0) is 0 Å². The molecule has 1 nitrogen and oxygen atoms in total. The lowest BCUT2D eigenvalue weighted by Crippen LogP contribution is -2.09. The molecule has 0 unspecified atom stereocenters. The highest BCUT2D eigenvalue weighted by Crippen LogP contribution is 2.43. The number of fused-ring (bicyclic) bond motifs is 1. The molecule has 0 radical (unpaired) electrons. The third-order valence-corrected chi connectivity index (χ3v) is 8.42. The molecular weight excluding hydrogens is 438 g/mol. The zero-order valence-corrected chi connectivity index (χ0v) is 20.4. The molecule has 0 bridgehead atoms. The van der Waals surface area contributed by atoms with Crippen LogP contribution in [-0.4, -0.2) is 7.05 Å². The summed E-state index contributed by atoms with van der Waals surface area (Å²) in [5.41, 5.74) is 5.01. The molecule has 0 atom stereocenters. The topological polar surface area (TPSA) is 3.24 Å². The Morgan fingerprint density at radius 2 is 1.48 bits per heavy atom. The van der Waals surface area contributed by atoms with Gasteiger partial charge in [-0.05, 0) is 64.7 Å². The number of rotatable bonds is 6. The molecule has 2 heterocycles. The summed E-state index contributed by atoms with van der Waals surface area (Å²) < 4.78 is 0. The quantitative estimate of drug-likeness (QED) is 0.227. The van der Waals surface area contributed by atoms with Crippen LogP contribution in [0, 0.1) is 6.92 Å². The molecule has 33 heavy (non-hydrogen) atoms. The second-order valence-electron chi connectivity index (χ2n) is 7.97. The van der Waals surface area contributed by atoms with Gasteiger partial charge in [-0.15, -0.1) is 22.7 Å². The predicted octanol–water partition coefficient (Wildman–Crippen LogP) is 9.57. The van der Waals surface area contributed by atoms with E-state index in [0.29, 0.717) is 0 Å². The molecule has 162 valence electrons. The van der Waals surface area contributed by atoms with E-state index in [1.54, 1.807) is 0 Å². The Labute approximate surface area is 203 Å². The molecule has 5 aromatic rings. The van der Waals surface area contributed by atoms with Crippen LogP contribution in [0.25, 0.3) is 37.0 Å². The van der Waals surface area contributed by atoms with Gasteiger partial charge in [-0.25, -0.2) is 0 Å². The summed E-state index contributed by atoms with van der Waals surface area (Å²) in [4.78, 5) is 6.20. The summed E-state index contributed by atoms with van der Waals surface area (Å²) >= 11 is 3.70. The summed E-state index contributed by atoms with van der Waals surface area (Å²) in [6.45, 7) is 5.96. The zero-order valence-electron chi connectivity index (χ0n) is 18.8. The van der Waals surface area contributed by atoms with Crippen LogP contribution < -0.4 is 4.90 Å². The summed E-state index contributed by atoms with van der Waals surface area (Å²) in [5, 5.41) is 3.82. The molecule has 3 aromatic carbocycles. The van der Waals surface area contributed by atoms with Crippen LogP contribution in [0.1, 0.15) is 11.1 Å². The van der Waals surface area contributed by atoms with Gasteiger partial charge in [0.15, 0.2) is 0 Å². The van der Waals surface area contributed by atoms with Crippen LogP contribution in [0.4, 0.5) is 10.7 Å². The third kappa shape index (κ3) is 4.18. The fraction of sp³-hybridized carbons (Fsp3) is 0.0667. The number of benzene rings is 3. The number of hydrogen-bond donors (Lipinski definition) is 0. The van der Waals surface area contributed by atoms with Crippen molar-refractivity contribution in [3.05, 3.63) is 115 Å². The Kier molecular flexibility index (Phi) is 5.99. The fourth-order valence-corrected chi connectivity index (χ4v) is 6.29. The van der Waals surface area contributed by atoms with Crippen molar-refractivity contribution in [3.8, 4) is 20.2 Å².